The van der Waals surface area contributed by atoms with E-state index in [1.807, 2.05) is 17.0 Å². The van der Waals surface area contributed by atoms with Gasteiger partial charge in [0.15, 0.2) is 6.23 Å². The third-order valence-electron chi connectivity index (χ3n) is 7.58. The number of fused-ring (bicyclic) bond motifs is 2. The lowest BCUT2D eigenvalue weighted by atomic mass is 9.92. The van der Waals surface area contributed by atoms with Gasteiger partial charge in [0.1, 0.15) is 17.2 Å². The van der Waals surface area contributed by atoms with E-state index in [1.54, 1.807) is 36.9 Å². The normalized spacial score (nSPS) is 18.6. The molecule has 3 aromatic carbocycles. The van der Waals surface area contributed by atoms with Crippen molar-refractivity contribution in [1.29, 1.82) is 0 Å². The third kappa shape index (κ3) is 4.10. The van der Waals surface area contributed by atoms with Gasteiger partial charge < -0.3 is 14.4 Å². The monoisotopic (exact) mass is 546 g/mol. The van der Waals surface area contributed by atoms with Gasteiger partial charge in [0.05, 0.1) is 41.4 Å². The number of benzene rings is 3. The van der Waals surface area contributed by atoms with Gasteiger partial charge in [-0.2, -0.15) is 5.10 Å². The zero-order valence-corrected chi connectivity index (χ0v) is 22.4. The fourth-order valence-corrected chi connectivity index (χ4v) is 5.58. The summed E-state index contributed by atoms with van der Waals surface area (Å²) in [4.78, 5) is 29.4. The lowest BCUT2D eigenvalue weighted by Gasteiger charge is -2.48. The minimum absolute atomic E-state index is 0.00920. The highest BCUT2D eigenvalue weighted by atomic mass is 19.1. The number of methoxy groups -OCH3 is 1. The number of aromatic nitrogens is 2. The molecule has 1 aromatic heterocycles. The highest BCUT2D eigenvalue weighted by Gasteiger charge is 2.47. The van der Waals surface area contributed by atoms with E-state index in [0.717, 1.165) is 36.2 Å². The molecule has 4 aromatic rings. The van der Waals surface area contributed by atoms with Gasteiger partial charge in [-0.1, -0.05) is 0 Å². The van der Waals surface area contributed by atoms with Crippen LogP contribution < -0.4 is 9.80 Å². The first-order valence-electron chi connectivity index (χ1n) is 13.1. The van der Waals surface area contributed by atoms with Crippen molar-refractivity contribution < 1.29 is 27.8 Å². The van der Waals surface area contributed by atoms with E-state index in [0.29, 0.717) is 23.7 Å². The molecule has 206 valence electrons. The Kier molecular flexibility index (Phi) is 6.29. The topological polar surface area (TPSA) is 76.9 Å². The Labute approximate surface area is 229 Å². The molecule has 1 fully saturated rings. The van der Waals surface area contributed by atoms with Crippen LogP contribution in [0.1, 0.15) is 49.7 Å². The molecule has 2 aliphatic heterocycles. The minimum Gasteiger partial charge on any atom is -0.465 e. The Morgan fingerprint density at radius 2 is 1.80 bits per heavy atom. The molecule has 0 aliphatic carbocycles. The number of anilines is 4. The number of carbonyl (C=O) groups is 2. The van der Waals surface area contributed by atoms with Crippen LogP contribution in [0.2, 0.25) is 0 Å². The molecule has 1 atom stereocenters. The van der Waals surface area contributed by atoms with Gasteiger partial charge in [-0.25, -0.2) is 18.3 Å². The average Bonchev–Trinajstić information content (AvgIpc) is 3.37. The summed E-state index contributed by atoms with van der Waals surface area (Å²) in [6.07, 6.45) is 4.28. The number of hydrogen-bond donors (Lipinski definition) is 0. The molecule has 1 amide bonds. The van der Waals surface area contributed by atoms with Crippen molar-refractivity contribution in [2.24, 2.45) is 0 Å². The zero-order valence-electron chi connectivity index (χ0n) is 22.4. The van der Waals surface area contributed by atoms with Crippen molar-refractivity contribution in [3.05, 3.63) is 78.0 Å². The van der Waals surface area contributed by atoms with Crippen LogP contribution in [0.15, 0.2) is 60.8 Å². The first-order chi connectivity index (χ1) is 19.2. The predicted molar refractivity (Wildman–Crippen MR) is 146 cm³/mol. The van der Waals surface area contributed by atoms with E-state index in [-0.39, 0.29) is 17.5 Å². The summed E-state index contributed by atoms with van der Waals surface area (Å²) in [6, 6.07) is 13.5. The van der Waals surface area contributed by atoms with E-state index in [9.17, 15) is 14.0 Å². The Morgan fingerprint density at radius 3 is 2.48 bits per heavy atom. The first kappa shape index (κ1) is 25.9. The Balaban J connectivity index is 1.59. The molecule has 1 unspecified atom stereocenters. The number of nitrogens with zero attached hydrogens (tertiary/aromatic N) is 4. The summed E-state index contributed by atoms with van der Waals surface area (Å²) in [5.41, 5.74) is 1.19. The molecule has 3 heterocycles. The van der Waals surface area contributed by atoms with Crippen molar-refractivity contribution >= 4 is 45.5 Å². The van der Waals surface area contributed by atoms with Gasteiger partial charge in [0.25, 0.3) is 5.91 Å². The van der Waals surface area contributed by atoms with Crippen molar-refractivity contribution in [1.82, 2.24) is 9.78 Å². The molecule has 0 N–H and O–H groups in total. The van der Waals surface area contributed by atoms with Crippen molar-refractivity contribution in [3.63, 3.8) is 0 Å². The average molecular weight is 547 g/mol. The molecule has 2 aliphatic rings. The summed E-state index contributed by atoms with van der Waals surface area (Å²) in [5, 5.41) is 5.42. The minimum atomic E-state index is -1.20. The Hall–Kier alpha value is -4.31. The zero-order chi connectivity index (χ0) is 28.2. The number of amides is 1. The fraction of sp³-hybridized carbons (Fsp3) is 0.300. The smallest absolute Gasteiger partial charge is 0.337 e. The largest absolute Gasteiger partial charge is 0.465 e. The van der Waals surface area contributed by atoms with E-state index in [2.05, 4.69) is 5.10 Å². The van der Waals surface area contributed by atoms with E-state index in [4.69, 9.17) is 9.47 Å². The van der Waals surface area contributed by atoms with Crippen LogP contribution in [-0.4, -0.2) is 40.9 Å². The highest BCUT2D eigenvalue weighted by molar-refractivity contribution is 6.16. The predicted octanol–water partition coefficient (Wildman–Crippen LogP) is 6.40. The van der Waals surface area contributed by atoms with Crippen LogP contribution >= 0.6 is 0 Å². The number of halogens is 2. The van der Waals surface area contributed by atoms with E-state index >= 15 is 4.39 Å². The number of ether oxygens (including phenoxy) is 2. The molecule has 8 nitrogen and oxygen atoms in total. The maximum absolute atomic E-state index is 15.6. The standard InChI is InChI=1S/C30H28F2N4O4/c1-30(2)29(38)34(23-12-7-18(14-22(23)32)28(37)39-3)25-16-24-19(17-33-36(24)27-6-4-5-13-40-27)15-26(25)35(30)21-10-8-20(31)9-11-21/h7-12,14-17,27H,4-6,13H2,1-3H3. The second kappa shape index (κ2) is 9.71. The van der Waals surface area contributed by atoms with Crippen LogP contribution in [0, 0.1) is 11.6 Å². The van der Waals surface area contributed by atoms with Gasteiger partial charge >= 0.3 is 5.97 Å². The van der Waals surface area contributed by atoms with Gasteiger partial charge in [-0.15, -0.1) is 0 Å². The molecular formula is C30H28F2N4O4. The lowest BCUT2D eigenvalue weighted by molar-refractivity contribution is -0.122. The number of rotatable bonds is 4. The summed E-state index contributed by atoms with van der Waals surface area (Å²) in [6.45, 7) is 4.10. The van der Waals surface area contributed by atoms with E-state index in [1.165, 1.54) is 36.3 Å². The van der Waals surface area contributed by atoms with Crippen LogP contribution in [0.5, 0.6) is 0 Å². The van der Waals surface area contributed by atoms with Crippen LogP contribution in [0.3, 0.4) is 0 Å². The summed E-state index contributed by atoms with van der Waals surface area (Å²) < 4.78 is 42.0. The Morgan fingerprint density at radius 1 is 1.02 bits per heavy atom. The lowest BCUT2D eigenvalue weighted by Crippen LogP contribution is -2.57. The second-order valence-electron chi connectivity index (χ2n) is 10.5. The number of esters is 1. The molecule has 40 heavy (non-hydrogen) atoms. The van der Waals surface area contributed by atoms with Crippen LogP contribution in [-0.2, 0) is 14.3 Å². The van der Waals surface area contributed by atoms with Gasteiger partial charge in [-0.05, 0) is 87.7 Å². The molecule has 0 bridgehead atoms. The molecule has 10 heteroatoms. The van der Waals surface area contributed by atoms with Crippen molar-refractivity contribution in [3.8, 4) is 0 Å². The second-order valence-corrected chi connectivity index (χ2v) is 10.5. The molecular weight excluding hydrogens is 518 g/mol. The maximum Gasteiger partial charge on any atom is 0.337 e. The molecule has 0 spiro atoms. The molecule has 6 rings (SSSR count). The van der Waals surface area contributed by atoms with Crippen molar-refractivity contribution in [2.45, 2.75) is 44.9 Å². The molecule has 0 radical (unpaired) electrons. The first-order valence-corrected chi connectivity index (χ1v) is 13.1. The Bertz CT molecular complexity index is 1630. The summed E-state index contributed by atoms with van der Waals surface area (Å²) in [5.74, 6) is -2.24. The maximum atomic E-state index is 15.6. The van der Waals surface area contributed by atoms with Gasteiger partial charge in [-0.3, -0.25) is 9.69 Å². The number of hydrogen-bond acceptors (Lipinski definition) is 6. The van der Waals surface area contributed by atoms with E-state index < -0.39 is 29.0 Å². The fourth-order valence-electron chi connectivity index (χ4n) is 5.58. The van der Waals surface area contributed by atoms with Gasteiger partial charge in [0.2, 0.25) is 0 Å². The molecule has 1 saturated heterocycles. The highest BCUT2D eigenvalue weighted by Crippen LogP contribution is 2.50. The third-order valence-corrected chi connectivity index (χ3v) is 7.58. The van der Waals surface area contributed by atoms with Crippen molar-refractivity contribution in [2.75, 3.05) is 23.5 Å². The summed E-state index contributed by atoms with van der Waals surface area (Å²) >= 11 is 0. The number of carbonyl (C=O) groups excluding carboxylic acids is 2. The SMILES string of the molecule is COC(=O)c1ccc(N2C(=O)C(C)(C)N(c3ccc(F)cc3)c3cc4cnn(C5CCCCO5)c4cc32)c(F)c1. The molecule has 0 saturated carbocycles. The van der Waals surface area contributed by atoms with Crippen LogP contribution in [0.25, 0.3) is 10.9 Å². The quantitative estimate of drug-likeness (QED) is 0.276. The van der Waals surface area contributed by atoms with Crippen LogP contribution in [0.4, 0.5) is 31.5 Å². The van der Waals surface area contributed by atoms with Gasteiger partial charge in [0, 0.05) is 17.7 Å². The summed E-state index contributed by atoms with van der Waals surface area (Å²) in [7, 11) is 1.22.